The van der Waals surface area contributed by atoms with Crippen molar-refractivity contribution >= 4 is 22.0 Å². The summed E-state index contributed by atoms with van der Waals surface area (Å²) in [6.45, 7) is 3.07. The molecule has 136 valence electrons. The Morgan fingerprint density at radius 2 is 1.77 bits per heavy atom. The van der Waals surface area contributed by atoms with Gasteiger partial charge in [0.25, 0.3) is 0 Å². The number of halogens is 1. The Morgan fingerprint density at radius 1 is 1.04 bits per heavy atom. The summed E-state index contributed by atoms with van der Waals surface area (Å²) in [5.74, 6) is 1.69. The molecule has 26 heavy (non-hydrogen) atoms. The zero-order valence-corrected chi connectivity index (χ0v) is 16.9. The molecule has 2 aromatic rings. The maximum absolute atomic E-state index is 5.59. The second-order valence-corrected chi connectivity index (χ2v) is 8.01. The van der Waals surface area contributed by atoms with Crippen molar-refractivity contribution in [3.05, 3.63) is 63.6 Å². The van der Waals surface area contributed by atoms with E-state index in [-0.39, 0.29) is 5.41 Å². The molecule has 0 radical (unpaired) electrons. The number of hydrogen-bond donors (Lipinski definition) is 0. The Labute approximate surface area is 163 Å². The summed E-state index contributed by atoms with van der Waals surface area (Å²) < 4.78 is 11.9. The van der Waals surface area contributed by atoms with Crippen LogP contribution in [0.2, 0.25) is 0 Å². The van der Waals surface area contributed by atoms with E-state index < -0.39 is 0 Å². The fourth-order valence-electron chi connectivity index (χ4n) is 4.27. The molecule has 0 bridgehead atoms. The number of ether oxygens (including phenoxy) is 2. The van der Waals surface area contributed by atoms with Gasteiger partial charge in [-0.1, -0.05) is 36.4 Å². The maximum Gasteiger partial charge on any atom is 0.136 e. The lowest BCUT2D eigenvalue weighted by Crippen LogP contribution is -2.40. The van der Waals surface area contributed by atoms with Crippen LogP contribution in [-0.4, -0.2) is 32.2 Å². The van der Waals surface area contributed by atoms with Crippen molar-refractivity contribution in [1.29, 1.82) is 0 Å². The predicted octanol–water partition coefficient (Wildman–Crippen LogP) is 5.03. The van der Waals surface area contributed by atoms with E-state index >= 15 is 0 Å². The Bertz CT molecular complexity index is 838. The van der Waals surface area contributed by atoms with Gasteiger partial charge < -0.3 is 9.47 Å². The zero-order valence-electron chi connectivity index (χ0n) is 15.3. The van der Waals surface area contributed by atoms with Gasteiger partial charge in [0.1, 0.15) is 11.5 Å². The molecule has 0 saturated carbocycles. The van der Waals surface area contributed by atoms with Gasteiger partial charge in [-0.2, -0.15) is 0 Å². The molecule has 0 aromatic heterocycles. The molecule has 3 nitrogen and oxygen atoms in total. The van der Waals surface area contributed by atoms with Crippen molar-refractivity contribution in [2.24, 2.45) is 0 Å². The van der Waals surface area contributed by atoms with Crippen LogP contribution in [0.25, 0.3) is 6.08 Å². The molecule has 1 spiro atoms. The minimum atomic E-state index is 0.234. The highest BCUT2D eigenvalue weighted by Gasteiger charge is 2.37. The third kappa shape index (κ3) is 3.06. The van der Waals surface area contributed by atoms with Crippen LogP contribution in [0.4, 0.5) is 0 Å². The van der Waals surface area contributed by atoms with E-state index in [1.54, 1.807) is 14.2 Å². The van der Waals surface area contributed by atoms with Gasteiger partial charge in [-0.3, -0.25) is 4.90 Å². The lowest BCUT2D eigenvalue weighted by Gasteiger charge is -2.39. The van der Waals surface area contributed by atoms with Crippen molar-refractivity contribution in [3.63, 3.8) is 0 Å². The molecule has 2 aliphatic rings. The fraction of sp³-hybridized carbons (Fsp3) is 0.364. The second kappa shape index (κ2) is 7.09. The third-order valence-electron chi connectivity index (χ3n) is 5.78. The monoisotopic (exact) mass is 413 g/mol. The number of benzene rings is 2. The first-order valence-electron chi connectivity index (χ1n) is 9.07. The number of methoxy groups -OCH3 is 2. The van der Waals surface area contributed by atoms with E-state index in [1.807, 2.05) is 6.07 Å². The summed E-state index contributed by atoms with van der Waals surface area (Å²) >= 11 is 3.59. The van der Waals surface area contributed by atoms with Gasteiger partial charge >= 0.3 is 0 Å². The molecule has 1 aliphatic carbocycles. The molecular weight excluding hydrogens is 390 g/mol. The first-order valence-corrected chi connectivity index (χ1v) is 9.86. The van der Waals surface area contributed by atoms with Gasteiger partial charge in [-0.15, -0.1) is 0 Å². The first-order chi connectivity index (χ1) is 12.6. The third-order valence-corrected chi connectivity index (χ3v) is 6.40. The number of likely N-dealkylation sites (tertiary alicyclic amines) is 1. The van der Waals surface area contributed by atoms with E-state index in [4.69, 9.17) is 9.47 Å². The molecule has 1 heterocycles. The normalized spacial score (nSPS) is 18.1. The quantitative estimate of drug-likeness (QED) is 0.701. The Balaban J connectivity index is 1.49. The number of rotatable bonds is 4. The summed E-state index contributed by atoms with van der Waals surface area (Å²) in [4.78, 5) is 2.52. The standard InChI is InChI=1S/C22H24BrNO2/c1-25-20-14-21(26-2)19(23)13-17(20)15-24-11-9-22(10-12-24)8-7-16-5-3-4-6-18(16)22/h3-8,13-14H,9-12,15H2,1-2H3. The number of allylic oxidation sites excluding steroid dienone is 1. The highest BCUT2D eigenvalue weighted by atomic mass is 79.9. The van der Waals surface area contributed by atoms with Crippen LogP contribution in [0.5, 0.6) is 11.5 Å². The Morgan fingerprint density at radius 3 is 2.50 bits per heavy atom. The van der Waals surface area contributed by atoms with Gasteiger partial charge in [-0.05, 0) is 59.1 Å². The van der Waals surface area contributed by atoms with Crippen LogP contribution in [0.1, 0.15) is 29.5 Å². The van der Waals surface area contributed by atoms with Crippen molar-refractivity contribution in [2.45, 2.75) is 24.8 Å². The van der Waals surface area contributed by atoms with Crippen molar-refractivity contribution in [1.82, 2.24) is 4.90 Å². The average Bonchev–Trinajstić information content (AvgIpc) is 3.03. The van der Waals surface area contributed by atoms with Gasteiger partial charge in [0.2, 0.25) is 0 Å². The summed E-state index contributed by atoms with van der Waals surface area (Å²) in [6.07, 6.45) is 7.06. The van der Waals surface area contributed by atoms with Crippen LogP contribution in [0, 0.1) is 0 Å². The van der Waals surface area contributed by atoms with E-state index in [2.05, 4.69) is 63.3 Å². The summed E-state index contributed by atoms with van der Waals surface area (Å²) in [5, 5.41) is 0. The minimum absolute atomic E-state index is 0.234. The molecule has 4 heteroatoms. The second-order valence-electron chi connectivity index (χ2n) is 7.15. The SMILES string of the molecule is COc1cc(OC)c(CN2CCC3(C=Cc4ccccc43)CC2)cc1Br. The highest BCUT2D eigenvalue weighted by molar-refractivity contribution is 9.10. The number of piperidine rings is 1. The number of nitrogens with zero attached hydrogens (tertiary/aromatic N) is 1. The van der Waals surface area contributed by atoms with Gasteiger partial charge in [0, 0.05) is 23.6 Å². The van der Waals surface area contributed by atoms with Crippen LogP contribution in [-0.2, 0) is 12.0 Å². The maximum atomic E-state index is 5.59. The smallest absolute Gasteiger partial charge is 0.136 e. The topological polar surface area (TPSA) is 21.7 Å². The summed E-state index contributed by atoms with van der Waals surface area (Å²) in [5.41, 5.74) is 4.32. The molecule has 4 rings (SSSR count). The van der Waals surface area contributed by atoms with Crippen LogP contribution >= 0.6 is 15.9 Å². The lowest BCUT2D eigenvalue weighted by molar-refractivity contribution is 0.175. The lowest BCUT2D eigenvalue weighted by atomic mass is 9.74. The van der Waals surface area contributed by atoms with E-state index in [0.29, 0.717) is 0 Å². The van der Waals surface area contributed by atoms with Crippen molar-refractivity contribution in [3.8, 4) is 11.5 Å². The molecule has 1 saturated heterocycles. The average molecular weight is 414 g/mol. The van der Waals surface area contributed by atoms with Crippen LogP contribution < -0.4 is 9.47 Å². The fourth-order valence-corrected chi connectivity index (χ4v) is 4.82. The molecule has 0 N–H and O–H groups in total. The molecular formula is C22H24BrNO2. The molecule has 0 amide bonds. The first kappa shape index (κ1) is 17.6. The molecule has 1 fully saturated rings. The van der Waals surface area contributed by atoms with E-state index in [9.17, 15) is 0 Å². The van der Waals surface area contributed by atoms with Gasteiger partial charge in [0.15, 0.2) is 0 Å². The van der Waals surface area contributed by atoms with Crippen molar-refractivity contribution in [2.75, 3.05) is 27.3 Å². The van der Waals surface area contributed by atoms with Gasteiger partial charge in [0.05, 0.1) is 18.7 Å². The molecule has 2 aromatic carbocycles. The largest absolute Gasteiger partial charge is 0.496 e. The van der Waals surface area contributed by atoms with E-state index in [1.165, 1.54) is 29.5 Å². The van der Waals surface area contributed by atoms with E-state index in [0.717, 1.165) is 35.6 Å². The number of fused-ring (bicyclic) bond motifs is 2. The van der Waals surface area contributed by atoms with Gasteiger partial charge in [-0.25, -0.2) is 0 Å². The summed E-state index contributed by atoms with van der Waals surface area (Å²) in [6, 6.07) is 12.9. The van der Waals surface area contributed by atoms with Crippen LogP contribution in [0.15, 0.2) is 46.9 Å². The van der Waals surface area contributed by atoms with Crippen LogP contribution in [0.3, 0.4) is 0 Å². The minimum Gasteiger partial charge on any atom is -0.496 e. The Hall–Kier alpha value is -1.78. The zero-order chi connectivity index (χ0) is 18.1. The molecule has 1 aliphatic heterocycles. The molecule has 0 unspecified atom stereocenters. The molecule has 0 atom stereocenters. The number of hydrogen-bond acceptors (Lipinski definition) is 3. The van der Waals surface area contributed by atoms with Crippen molar-refractivity contribution < 1.29 is 9.47 Å². The highest BCUT2D eigenvalue weighted by Crippen LogP contribution is 2.44. The predicted molar refractivity (Wildman–Crippen MR) is 109 cm³/mol. The summed E-state index contributed by atoms with van der Waals surface area (Å²) in [7, 11) is 3.40. The Kier molecular flexibility index (Phi) is 4.80.